The van der Waals surface area contributed by atoms with E-state index in [1.54, 1.807) is 36.4 Å². The van der Waals surface area contributed by atoms with Crippen LogP contribution in [0.25, 0.3) is 0 Å². The Hall–Kier alpha value is -3.94. The summed E-state index contributed by atoms with van der Waals surface area (Å²) in [6, 6.07) is 16.7. The van der Waals surface area contributed by atoms with Gasteiger partial charge in [0.15, 0.2) is 0 Å². The van der Waals surface area contributed by atoms with Crippen molar-refractivity contribution in [3.05, 3.63) is 82.3 Å². The summed E-state index contributed by atoms with van der Waals surface area (Å²) in [5, 5.41) is 9.41. The summed E-state index contributed by atoms with van der Waals surface area (Å²) < 4.78 is 6.31. The first-order valence-electron chi connectivity index (χ1n) is 9.43. The van der Waals surface area contributed by atoms with Gasteiger partial charge in [-0.05, 0) is 56.3 Å². The first-order valence-corrected chi connectivity index (χ1v) is 9.43. The number of hydrogen-bond donors (Lipinski definition) is 2. The van der Waals surface area contributed by atoms with Crippen molar-refractivity contribution in [1.82, 2.24) is 9.78 Å². The van der Waals surface area contributed by atoms with Crippen LogP contribution in [0.4, 0.5) is 11.4 Å². The lowest BCUT2D eigenvalue weighted by Gasteiger charge is -2.09. The summed E-state index contributed by atoms with van der Waals surface area (Å²) in [5.41, 5.74) is 1.79. The Balaban J connectivity index is 1.66. The number of nitrogens with one attached hydrogen (secondary N) is 2. The van der Waals surface area contributed by atoms with E-state index in [1.807, 2.05) is 26.0 Å². The second kappa shape index (κ2) is 9.51. The number of carbonyl (C=O) groups is 2. The van der Waals surface area contributed by atoms with Gasteiger partial charge in [0.05, 0.1) is 6.61 Å². The number of rotatable bonds is 7. The Morgan fingerprint density at radius 2 is 1.57 bits per heavy atom. The third-order valence-corrected chi connectivity index (χ3v) is 4.15. The van der Waals surface area contributed by atoms with Gasteiger partial charge in [-0.25, -0.2) is 4.68 Å². The van der Waals surface area contributed by atoms with Gasteiger partial charge in [-0.2, -0.15) is 5.10 Å². The maximum atomic E-state index is 12.4. The number of amides is 2. The molecule has 8 heteroatoms. The van der Waals surface area contributed by atoms with Crippen LogP contribution in [0.5, 0.6) is 5.75 Å². The molecule has 2 amide bonds. The maximum absolute atomic E-state index is 12.4. The smallest absolute Gasteiger partial charge is 0.276 e. The number of anilines is 2. The van der Waals surface area contributed by atoms with Gasteiger partial charge in [0, 0.05) is 17.4 Å². The van der Waals surface area contributed by atoms with Gasteiger partial charge in [-0.1, -0.05) is 17.7 Å². The molecule has 0 aliphatic carbocycles. The molecule has 2 aromatic carbocycles. The van der Waals surface area contributed by atoms with Crippen LogP contribution in [0.2, 0.25) is 0 Å². The number of carbonyl (C=O) groups excluding carboxylic acids is 2. The Morgan fingerprint density at radius 1 is 0.933 bits per heavy atom. The van der Waals surface area contributed by atoms with E-state index >= 15 is 0 Å². The molecule has 0 fully saturated rings. The summed E-state index contributed by atoms with van der Waals surface area (Å²) in [4.78, 5) is 36.8. The maximum Gasteiger partial charge on any atom is 0.276 e. The highest BCUT2D eigenvalue weighted by Crippen LogP contribution is 2.15. The third kappa shape index (κ3) is 5.54. The highest BCUT2D eigenvalue weighted by molar-refractivity contribution is 6.02. The number of benzene rings is 2. The van der Waals surface area contributed by atoms with Crippen molar-refractivity contribution >= 4 is 23.2 Å². The lowest BCUT2D eigenvalue weighted by Crippen LogP contribution is -2.31. The lowest BCUT2D eigenvalue weighted by molar-refractivity contribution is -0.117. The molecule has 0 unspecified atom stereocenters. The van der Waals surface area contributed by atoms with Crippen molar-refractivity contribution in [2.75, 3.05) is 17.2 Å². The standard InChI is InChI=1S/C22H22N4O4/c1-3-30-18-10-8-16(9-11-18)23-20(27)14-26-21(28)13-12-19(25-26)22(29)24-17-6-4-15(2)5-7-17/h4-13H,3,14H2,1-2H3,(H,23,27)(H,24,29). The average Bonchev–Trinajstić information content (AvgIpc) is 2.73. The van der Waals surface area contributed by atoms with Crippen LogP contribution in [0.3, 0.4) is 0 Å². The minimum Gasteiger partial charge on any atom is -0.494 e. The largest absolute Gasteiger partial charge is 0.494 e. The Labute approximate surface area is 173 Å². The molecule has 0 atom stereocenters. The second-order valence-corrected chi connectivity index (χ2v) is 6.54. The van der Waals surface area contributed by atoms with E-state index in [-0.39, 0.29) is 12.2 Å². The summed E-state index contributed by atoms with van der Waals surface area (Å²) in [6.07, 6.45) is 0. The fourth-order valence-corrected chi connectivity index (χ4v) is 2.65. The molecule has 0 spiro atoms. The van der Waals surface area contributed by atoms with Gasteiger partial charge < -0.3 is 15.4 Å². The van der Waals surface area contributed by atoms with E-state index in [2.05, 4.69) is 15.7 Å². The van der Waals surface area contributed by atoms with Crippen molar-refractivity contribution in [3.8, 4) is 5.75 Å². The monoisotopic (exact) mass is 406 g/mol. The number of hydrogen-bond acceptors (Lipinski definition) is 5. The van der Waals surface area contributed by atoms with Gasteiger partial charge in [0.1, 0.15) is 18.0 Å². The van der Waals surface area contributed by atoms with E-state index in [9.17, 15) is 14.4 Å². The first-order chi connectivity index (χ1) is 14.4. The van der Waals surface area contributed by atoms with Crippen molar-refractivity contribution in [2.24, 2.45) is 0 Å². The molecule has 8 nitrogen and oxygen atoms in total. The van der Waals surface area contributed by atoms with Gasteiger partial charge in [0.2, 0.25) is 5.91 Å². The van der Waals surface area contributed by atoms with Gasteiger partial charge in [-0.3, -0.25) is 14.4 Å². The Bertz CT molecular complexity index is 1090. The molecule has 0 saturated carbocycles. The molecular formula is C22H22N4O4. The summed E-state index contributed by atoms with van der Waals surface area (Å²) in [5.74, 6) is -0.218. The van der Waals surface area contributed by atoms with E-state index in [4.69, 9.17) is 4.74 Å². The average molecular weight is 406 g/mol. The van der Waals surface area contributed by atoms with E-state index in [1.165, 1.54) is 12.1 Å². The highest BCUT2D eigenvalue weighted by Gasteiger charge is 2.12. The SMILES string of the molecule is CCOc1ccc(NC(=O)Cn2nc(C(=O)Nc3ccc(C)cc3)ccc2=O)cc1. The number of aryl methyl sites for hydroxylation is 1. The van der Waals surface area contributed by atoms with Crippen LogP contribution in [0, 0.1) is 6.92 Å². The molecule has 0 radical (unpaired) electrons. The normalized spacial score (nSPS) is 10.3. The molecule has 30 heavy (non-hydrogen) atoms. The molecule has 0 bridgehead atoms. The van der Waals surface area contributed by atoms with Crippen LogP contribution in [-0.2, 0) is 11.3 Å². The fourth-order valence-electron chi connectivity index (χ4n) is 2.65. The zero-order valence-electron chi connectivity index (χ0n) is 16.7. The minimum absolute atomic E-state index is 0.0315. The van der Waals surface area contributed by atoms with E-state index < -0.39 is 17.4 Å². The Morgan fingerprint density at radius 3 is 2.23 bits per heavy atom. The van der Waals surface area contributed by atoms with Crippen molar-refractivity contribution in [3.63, 3.8) is 0 Å². The molecule has 154 valence electrons. The summed E-state index contributed by atoms with van der Waals surface area (Å²) in [7, 11) is 0. The number of aromatic nitrogens is 2. The molecule has 3 rings (SSSR count). The van der Waals surface area contributed by atoms with Gasteiger partial charge in [0.25, 0.3) is 11.5 Å². The topological polar surface area (TPSA) is 102 Å². The molecule has 0 aliphatic rings. The molecule has 1 aromatic heterocycles. The van der Waals surface area contributed by atoms with E-state index in [0.29, 0.717) is 23.7 Å². The van der Waals surface area contributed by atoms with E-state index in [0.717, 1.165) is 10.2 Å². The Kier molecular flexibility index (Phi) is 6.59. The fraction of sp³-hybridized carbons (Fsp3) is 0.182. The van der Waals surface area contributed by atoms with Crippen LogP contribution in [0.1, 0.15) is 23.0 Å². The minimum atomic E-state index is -0.483. The van der Waals surface area contributed by atoms with Crippen molar-refractivity contribution in [2.45, 2.75) is 20.4 Å². The van der Waals surface area contributed by atoms with Crippen LogP contribution < -0.4 is 20.9 Å². The predicted molar refractivity (Wildman–Crippen MR) is 114 cm³/mol. The predicted octanol–water partition coefficient (Wildman–Crippen LogP) is 2.84. The van der Waals surface area contributed by atoms with Gasteiger partial charge >= 0.3 is 0 Å². The zero-order valence-corrected chi connectivity index (χ0v) is 16.7. The quantitative estimate of drug-likeness (QED) is 0.628. The third-order valence-electron chi connectivity index (χ3n) is 4.15. The van der Waals surface area contributed by atoms with Crippen LogP contribution >= 0.6 is 0 Å². The summed E-state index contributed by atoms with van der Waals surface area (Å²) in [6.45, 7) is 4.06. The van der Waals surface area contributed by atoms with Crippen LogP contribution in [-0.4, -0.2) is 28.2 Å². The zero-order chi connectivity index (χ0) is 21.5. The number of ether oxygens (including phenoxy) is 1. The highest BCUT2D eigenvalue weighted by atomic mass is 16.5. The number of nitrogens with zero attached hydrogens (tertiary/aromatic N) is 2. The molecule has 1 heterocycles. The van der Waals surface area contributed by atoms with Crippen molar-refractivity contribution < 1.29 is 14.3 Å². The molecule has 3 aromatic rings. The van der Waals surface area contributed by atoms with Crippen molar-refractivity contribution in [1.29, 1.82) is 0 Å². The molecule has 0 aliphatic heterocycles. The first kappa shape index (κ1) is 20.8. The summed E-state index contributed by atoms with van der Waals surface area (Å²) >= 11 is 0. The second-order valence-electron chi connectivity index (χ2n) is 6.54. The lowest BCUT2D eigenvalue weighted by atomic mass is 10.2. The molecule has 2 N–H and O–H groups in total. The molecule has 0 saturated heterocycles. The van der Waals surface area contributed by atoms with Gasteiger partial charge in [-0.15, -0.1) is 0 Å². The van der Waals surface area contributed by atoms with Crippen LogP contribution in [0.15, 0.2) is 65.5 Å². The molecular weight excluding hydrogens is 384 g/mol.